The number of nitrogens with one attached hydrogen (secondary N) is 1. The minimum Gasteiger partial charge on any atom is -0.483 e. The molecule has 162 valence electrons. The molecule has 1 unspecified atom stereocenters. The number of carbonyl (C=O) groups excluding carboxylic acids is 2. The first-order valence-electron chi connectivity index (χ1n) is 10.2. The van der Waals surface area contributed by atoms with Crippen molar-refractivity contribution in [3.8, 4) is 5.75 Å². The van der Waals surface area contributed by atoms with Crippen LogP contribution in [-0.4, -0.2) is 67.2 Å². The second-order valence-electron chi connectivity index (χ2n) is 9.10. The maximum absolute atomic E-state index is 12.2. The number of aryl methyl sites for hydroxylation is 1. The number of likely N-dealkylation sites (N-methyl/N-ethyl adjacent to an activating group) is 1. The van der Waals surface area contributed by atoms with Gasteiger partial charge in [-0.25, -0.2) is 10.2 Å². The number of ether oxygens (including phenoxy) is 2. The van der Waals surface area contributed by atoms with Gasteiger partial charge in [0.05, 0.1) is 11.7 Å². The van der Waals surface area contributed by atoms with Gasteiger partial charge in [0.15, 0.2) is 5.84 Å². The van der Waals surface area contributed by atoms with Crippen molar-refractivity contribution in [1.82, 2.24) is 10.3 Å². The van der Waals surface area contributed by atoms with Gasteiger partial charge in [-0.1, -0.05) is 0 Å². The van der Waals surface area contributed by atoms with Crippen LogP contribution in [0.3, 0.4) is 0 Å². The molecule has 1 fully saturated rings. The van der Waals surface area contributed by atoms with Gasteiger partial charge in [-0.15, -0.1) is 0 Å². The van der Waals surface area contributed by atoms with Crippen LogP contribution >= 0.6 is 0 Å². The summed E-state index contributed by atoms with van der Waals surface area (Å²) in [6.45, 7) is 11.0. The minimum atomic E-state index is -0.500. The summed E-state index contributed by atoms with van der Waals surface area (Å²) in [5, 5.41) is 4.15. The third kappa shape index (κ3) is 3.53. The van der Waals surface area contributed by atoms with Crippen LogP contribution in [0.2, 0.25) is 0 Å². The number of amides is 2. The highest BCUT2D eigenvalue weighted by Crippen LogP contribution is 2.40. The third-order valence-corrected chi connectivity index (χ3v) is 5.68. The van der Waals surface area contributed by atoms with E-state index in [0.29, 0.717) is 25.5 Å². The number of likely N-dealkylation sites (tertiary alicyclic amines) is 1. The summed E-state index contributed by atoms with van der Waals surface area (Å²) < 4.78 is 11.3. The quantitative estimate of drug-likeness (QED) is 0.796. The van der Waals surface area contributed by atoms with E-state index in [2.05, 4.69) is 15.4 Å². The van der Waals surface area contributed by atoms with Crippen molar-refractivity contribution >= 4 is 29.2 Å². The van der Waals surface area contributed by atoms with E-state index in [4.69, 9.17) is 9.47 Å². The summed E-state index contributed by atoms with van der Waals surface area (Å²) in [4.78, 5) is 30.2. The minimum absolute atomic E-state index is 0.144. The van der Waals surface area contributed by atoms with Gasteiger partial charge in [-0.05, 0) is 52.3 Å². The molecule has 0 saturated carbocycles. The topological polar surface area (TPSA) is 86.7 Å². The van der Waals surface area contributed by atoms with E-state index in [-0.39, 0.29) is 24.1 Å². The highest BCUT2D eigenvalue weighted by Gasteiger charge is 2.38. The van der Waals surface area contributed by atoms with Crippen molar-refractivity contribution in [2.24, 2.45) is 5.10 Å². The Bertz CT molecular complexity index is 917. The fourth-order valence-corrected chi connectivity index (χ4v) is 3.91. The molecule has 0 bridgehead atoms. The molecule has 9 heteroatoms. The van der Waals surface area contributed by atoms with Gasteiger partial charge in [-0.3, -0.25) is 4.79 Å². The summed E-state index contributed by atoms with van der Waals surface area (Å²) in [5.41, 5.74) is 4.98. The second kappa shape index (κ2) is 7.07. The summed E-state index contributed by atoms with van der Waals surface area (Å²) in [6.07, 6.45) is -0.281. The number of carbonyl (C=O) groups is 2. The number of nitrogens with zero attached hydrogens (tertiary/aromatic N) is 4. The van der Waals surface area contributed by atoms with Crippen molar-refractivity contribution in [3.63, 3.8) is 0 Å². The van der Waals surface area contributed by atoms with Gasteiger partial charge in [0.2, 0.25) is 0 Å². The normalized spacial score (nSPS) is 20.9. The first-order chi connectivity index (χ1) is 14.0. The molecule has 0 radical (unpaired) electrons. The standard InChI is InChI=1S/C21H29N5O4/c1-12-7-17-16(26-13(2)19(27)23-22-18(26)11-29-17)8-15(12)24(6)14-9-25(10-14)20(28)30-21(3,4)5/h7-8,13-14H,9-11H2,1-6H3,(H,23,27). The number of amidine groups is 1. The number of anilines is 2. The first-order valence-corrected chi connectivity index (χ1v) is 10.2. The Kier molecular flexibility index (Phi) is 4.79. The first kappa shape index (κ1) is 20.3. The predicted octanol–water partition coefficient (Wildman–Crippen LogP) is 2.08. The van der Waals surface area contributed by atoms with Gasteiger partial charge < -0.3 is 24.2 Å². The van der Waals surface area contributed by atoms with Crippen LogP contribution < -0.4 is 20.0 Å². The van der Waals surface area contributed by atoms with Crippen molar-refractivity contribution in [2.45, 2.75) is 52.3 Å². The molecule has 2 amide bonds. The zero-order valence-corrected chi connectivity index (χ0v) is 18.4. The fourth-order valence-electron chi connectivity index (χ4n) is 3.91. The van der Waals surface area contributed by atoms with Crippen LogP contribution in [0.15, 0.2) is 17.2 Å². The Labute approximate surface area is 176 Å². The molecule has 3 aliphatic heterocycles. The molecular weight excluding hydrogens is 386 g/mol. The number of hydrogen-bond donors (Lipinski definition) is 1. The zero-order chi connectivity index (χ0) is 21.8. The predicted molar refractivity (Wildman–Crippen MR) is 114 cm³/mol. The van der Waals surface area contributed by atoms with E-state index in [1.807, 2.05) is 58.7 Å². The average Bonchev–Trinajstić information content (AvgIpc) is 2.61. The zero-order valence-electron chi connectivity index (χ0n) is 18.4. The molecular formula is C21H29N5O4. The fraction of sp³-hybridized carbons (Fsp3) is 0.571. The van der Waals surface area contributed by atoms with Crippen LogP contribution in [0.5, 0.6) is 5.75 Å². The summed E-state index contributed by atoms with van der Waals surface area (Å²) in [6, 6.07) is 3.87. The maximum Gasteiger partial charge on any atom is 0.410 e. The molecule has 0 spiro atoms. The lowest BCUT2D eigenvalue weighted by Crippen LogP contribution is -2.61. The van der Waals surface area contributed by atoms with Crippen LogP contribution in [0.1, 0.15) is 33.3 Å². The summed E-state index contributed by atoms with van der Waals surface area (Å²) in [5.74, 6) is 1.29. The van der Waals surface area contributed by atoms with Crippen molar-refractivity contribution in [1.29, 1.82) is 0 Å². The van der Waals surface area contributed by atoms with E-state index in [9.17, 15) is 9.59 Å². The van der Waals surface area contributed by atoms with Gasteiger partial charge >= 0.3 is 6.09 Å². The lowest BCUT2D eigenvalue weighted by Gasteiger charge is -2.45. The smallest absolute Gasteiger partial charge is 0.410 e. The number of hydrazone groups is 1. The molecule has 0 aromatic heterocycles. The van der Waals surface area contributed by atoms with Gasteiger partial charge in [0.1, 0.15) is 24.0 Å². The Hall–Kier alpha value is -2.97. The van der Waals surface area contributed by atoms with E-state index >= 15 is 0 Å². The van der Waals surface area contributed by atoms with Gasteiger partial charge in [0.25, 0.3) is 5.91 Å². The maximum atomic E-state index is 12.2. The molecule has 0 aliphatic carbocycles. The Morgan fingerprint density at radius 3 is 2.70 bits per heavy atom. The molecule has 3 aliphatic rings. The van der Waals surface area contributed by atoms with E-state index in [1.54, 1.807) is 4.90 Å². The number of rotatable bonds is 2. The molecule has 9 nitrogen and oxygen atoms in total. The highest BCUT2D eigenvalue weighted by atomic mass is 16.6. The van der Waals surface area contributed by atoms with Crippen molar-refractivity contribution in [2.75, 3.05) is 36.5 Å². The number of fused-ring (bicyclic) bond motifs is 3. The van der Waals surface area contributed by atoms with Crippen LogP contribution in [-0.2, 0) is 9.53 Å². The van der Waals surface area contributed by atoms with Crippen LogP contribution in [0.25, 0.3) is 0 Å². The summed E-state index contributed by atoms with van der Waals surface area (Å²) in [7, 11) is 2.02. The lowest BCUT2D eigenvalue weighted by molar-refractivity contribution is -0.122. The summed E-state index contributed by atoms with van der Waals surface area (Å²) >= 11 is 0. The lowest BCUT2D eigenvalue weighted by atomic mass is 10.0. The molecule has 3 heterocycles. The Morgan fingerprint density at radius 1 is 1.33 bits per heavy atom. The average molecular weight is 415 g/mol. The molecule has 30 heavy (non-hydrogen) atoms. The van der Waals surface area contributed by atoms with E-state index < -0.39 is 5.60 Å². The van der Waals surface area contributed by atoms with Gasteiger partial charge in [0, 0.05) is 25.8 Å². The van der Waals surface area contributed by atoms with Crippen molar-refractivity contribution < 1.29 is 19.1 Å². The van der Waals surface area contributed by atoms with Crippen molar-refractivity contribution in [3.05, 3.63) is 17.7 Å². The van der Waals surface area contributed by atoms with Gasteiger partial charge in [-0.2, -0.15) is 5.10 Å². The Balaban J connectivity index is 1.54. The Morgan fingerprint density at radius 2 is 2.03 bits per heavy atom. The molecule has 4 rings (SSSR count). The monoisotopic (exact) mass is 415 g/mol. The second-order valence-corrected chi connectivity index (χ2v) is 9.10. The number of benzene rings is 1. The van der Waals surface area contributed by atoms with Crippen LogP contribution in [0.4, 0.5) is 16.2 Å². The molecule has 1 N–H and O–H groups in total. The highest BCUT2D eigenvalue weighted by molar-refractivity contribution is 6.09. The third-order valence-electron chi connectivity index (χ3n) is 5.68. The molecule has 1 atom stereocenters. The van der Waals surface area contributed by atoms with E-state index in [1.165, 1.54) is 0 Å². The van der Waals surface area contributed by atoms with Crippen LogP contribution in [0, 0.1) is 6.92 Å². The molecule has 1 aromatic rings. The largest absolute Gasteiger partial charge is 0.483 e. The SMILES string of the molecule is Cc1cc2c(cc1N(C)C1CN(C(=O)OC(C)(C)C)C1)N1C(=NNC(=O)C1C)CO2. The van der Waals surface area contributed by atoms with E-state index in [0.717, 1.165) is 22.7 Å². The molecule has 1 saturated heterocycles. The molecule has 1 aromatic carbocycles. The number of hydrogen-bond acceptors (Lipinski definition) is 7.